The van der Waals surface area contributed by atoms with Crippen LogP contribution in [0.2, 0.25) is 0 Å². The van der Waals surface area contributed by atoms with Gasteiger partial charge in [-0.2, -0.15) is 0 Å². The van der Waals surface area contributed by atoms with Gasteiger partial charge in [-0.25, -0.2) is 4.98 Å². The van der Waals surface area contributed by atoms with Crippen LogP contribution in [0.5, 0.6) is 0 Å². The lowest BCUT2D eigenvalue weighted by atomic mass is 9.67. The number of hydrogen-bond acceptors (Lipinski definition) is 4. The molecule has 2 amide bonds. The molecule has 3 fully saturated rings. The van der Waals surface area contributed by atoms with Crippen molar-refractivity contribution in [2.45, 2.75) is 51.0 Å². The zero-order valence-corrected chi connectivity index (χ0v) is 13.9. The molecule has 2 aliphatic carbocycles. The first-order chi connectivity index (χ1) is 11.7. The predicted molar refractivity (Wildman–Crippen MR) is 91.8 cm³/mol. The Labute approximate surface area is 142 Å². The summed E-state index contributed by atoms with van der Waals surface area (Å²) in [6, 6.07) is 4.10. The summed E-state index contributed by atoms with van der Waals surface area (Å²) in [5.74, 6) is 0.198. The van der Waals surface area contributed by atoms with Crippen LogP contribution in [-0.2, 0) is 9.59 Å². The van der Waals surface area contributed by atoms with Crippen LogP contribution in [0.3, 0.4) is 0 Å². The number of anilines is 2. The molecule has 0 bridgehead atoms. The first-order valence-corrected chi connectivity index (χ1v) is 9.01. The van der Waals surface area contributed by atoms with Crippen LogP contribution in [0.25, 0.3) is 0 Å². The van der Waals surface area contributed by atoms with E-state index in [-0.39, 0.29) is 17.9 Å². The standard InChI is InChI=1S/C18H24N4O2/c23-16(20-13-4-5-13)18(8-3-9-18)17(24)21-15-7-6-14(12-19-15)22-10-1-2-11-22/h6-7,12-13H,1-5,8-11H2,(H,20,23)(H,19,21,24). The first-order valence-electron chi connectivity index (χ1n) is 9.01. The Morgan fingerprint density at radius 1 is 1.08 bits per heavy atom. The van der Waals surface area contributed by atoms with Crippen LogP contribution in [-0.4, -0.2) is 35.9 Å². The third-order valence-corrected chi connectivity index (χ3v) is 5.45. The summed E-state index contributed by atoms with van der Waals surface area (Å²) in [6.07, 6.45) is 8.48. The highest BCUT2D eigenvalue weighted by Crippen LogP contribution is 2.42. The average Bonchev–Trinajstić information content (AvgIpc) is 3.16. The number of pyridine rings is 1. The van der Waals surface area contributed by atoms with Crippen molar-refractivity contribution >= 4 is 23.3 Å². The molecule has 0 radical (unpaired) electrons. The number of carbonyl (C=O) groups is 2. The molecule has 6 nitrogen and oxygen atoms in total. The van der Waals surface area contributed by atoms with E-state index in [1.165, 1.54) is 12.8 Å². The Morgan fingerprint density at radius 3 is 2.38 bits per heavy atom. The van der Waals surface area contributed by atoms with E-state index in [1.54, 1.807) is 6.20 Å². The van der Waals surface area contributed by atoms with Gasteiger partial charge in [0, 0.05) is 19.1 Å². The van der Waals surface area contributed by atoms with Gasteiger partial charge in [0.25, 0.3) is 0 Å². The quantitative estimate of drug-likeness (QED) is 0.812. The van der Waals surface area contributed by atoms with Gasteiger partial charge in [0.05, 0.1) is 11.9 Å². The Hall–Kier alpha value is -2.11. The molecule has 2 N–H and O–H groups in total. The Kier molecular flexibility index (Phi) is 3.90. The van der Waals surface area contributed by atoms with Crippen molar-refractivity contribution in [2.24, 2.45) is 5.41 Å². The van der Waals surface area contributed by atoms with Crippen LogP contribution in [0, 0.1) is 5.41 Å². The van der Waals surface area contributed by atoms with Gasteiger partial charge >= 0.3 is 0 Å². The van der Waals surface area contributed by atoms with Crippen LogP contribution in [0.1, 0.15) is 44.9 Å². The zero-order valence-electron chi connectivity index (χ0n) is 13.9. The number of rotatable bonds is 5. The third kappa shape index (κ3) is 2.85. The lowest BCUT2D eigenvalue weighted by Crippen LogP contribution is -2.53. The van der Waals surface area contributed by atoms with Gasteiger partial charge in [-0.3, -0.25) is 9.59 Å². The van der Waals surface area contributed by atoms with Gasteiger partial charge in [-0.05, 0) is 50.7 Å². The highest BCUT2D eigenvalue weighted by Gasteiger charge is 2.51. The fourth-order valence-electron chi connectivity index (χ4n) is 3.50. The van der Waals surface area contributed by atoms with Crippen molar-refractivity contribution in [3.05, 3.63) is 18.3 Å². The molecule has 1 aliphatic heterocycles. The number of nitrogens with one attached hydrogen (secondary N) is 2. The SMILES string of the molecule is O=C(Nc1ccc(N2CCCC2)cn1)C1(C(=O)NC2CC2)CCC1. The molecular weight excluding hydrogens is 304 g/mol. The van der Waals surface area contributed by atoms with E-state index in [0.29, 0.717) is 18.7 Å². The largest absolute Gasteiger partial charge is 0.370 e. The van der Waals surface area contributed by atoms with Gasteiger partial charge in [0.2, 0.25) is 11.8 Å². The Morgan fingerprint density at radius 2 is 1.83 bits per heavy atom. The summed E-state index contributed by atoms with van der Waals surface area (Å²) in [6.45, 7) is 2.13. The van der Waals surface area contributed by atoms with E-state index in [1.807, 2.05) is 12.1 Å². The van der Waals surface area contributed by atoms with Crippen LogP contribution >= 0.6 is 0 Å². The van der Waals surface area contributed by atoms with Crippen LogP contribution in [0.4, 0.5) is 11.5 Å². The minimum atomic E-state index is -0.891. The normalized spacial score (nSPS) is 21.9. The average molecular weight is 328 g/mol. The maximum Gasteiger partial charge on any atom is 0.241 e. The lowest BCUT2D eigenvalue weighted by Gasteiger charge is -2.38. The third-order valence-electron chi connectivity index (χ3n) is 5.45. The molecule has 0 spiro atoms. The number of carbonyl (C=O) groups excluding carboxylic acids is 2. The Balaban J connectivity index is 1.41. The molecule has 24 heavy (non-hydrogen) atoms. The summed E-state index contributed by atoms with van der Waals surface area (Å²) in [7, 11) is 0. The lowest BCUT2D eigenvalue weighted by molar-refractivity contribution is -0.146. The zero-order chi connectivity index (χ0) is 16.6. The van der Waals surface area contributed by atoms with Gasteiger partial charge in [0.15, 0.2) is 0 Å². The van der Waals surface area contributed by atoms with E-state index in [0.717, 1.165) is 38.0 Å². The van der Waals surface area contributed by atoms with Gasteiger partial charge in [0.1, 0.15) is 11.2 Å². The Bertz CT molecular complexity index is 629. The maximum absolute atomic E-state index is 12.7. The van der Waals surface area contributed by atoms with Crippen molar-refractivity contribution in [2.75, 3.05) is 23.3 Å². The molecular formula is C18H24N4O2. The highest BCUT2D eigenvalue weighted by molar-refractivity contribution is 6.11. The van der Waals surface area contributed by atoms with Crippen LogP contribution in [0.15, 0.2) is 18.3 Å². The molecule has 3 aliphatic rings. The predicted octanol–water partition coefficient (Wildman–Crippen LogP) is 2.07. The number of nitrogens with zero attached hydrogens (tertiary/aromatic N) is 2. The minimum absolute atomic E-state index is 0.109. The topological polar surface area (TPSA) is 74.3 Å². The van der Waals surface area contributed by atoms with Gasteiger partial charge in [-0.1, -0.05) is 6.42 Å². The number of amides is 2. The van der Waals surface area contributed by atoms with Crippen molar-refractivity contribution < 1.29 is 9.59 Å². The summed E-state index contributed by atoms with van der Waals surface area (Å²) in [4.78, 5) is 31.8. The maximum atomic E-state index is 12.7. The fraction of sp³-hybridized carbons (Fsp3) is 0.611. The molecule has 4 rings (SSSR count). The van der Waals surface area contributed by atoms with E-state index >= 15 is 0 Å². The van der Waals surface area contributed by atoms with Crippen molar-refractivity contribution in [1.82, 2.24) is 10.3 Å². The monoisotopic (exact) mass is 328 g/mol. The van der Waals surface area contributed by atoms with Crippen molar-refractivity contribution in [1.29, 1.82) is 0 Å². The van der Waals surface area contributed by atoms with E-state index in [9.17, 15) is 9.59 Å². The van der Waals surface area contributed by atoms with Crippen molar-refractivity contribution in [3.63, 3.8) is 0 Å². The molecule has 2 saturated carbocycles. The second kappa shape index (κ2) is 6.07. The second-order valence-electron chi connectivity index (χ2n) is 7.23. The smallest absolute Gasteiger partial charge is 0.241 e. The van der Waals surface area contributed by atoms with E-state index in [4.69, 9.17) is 0 Å². The summed E-state index contributed by atoms with van der Waals surface area (Å²) in [5.41, 5.74) is 0.202. The summed E-state index contributed by atoms with van der Waals surface area (Å²) in [5, 5.41) is 5.83. The molecule has 2 heterocycles. The molecule has 0 unspecified atom stereocenters. The van der Waals surface area contributed by atoms with E-state index in [2.05, 4.69) is 20.5 Å². The van der Waals surface area contributed by atoms with Crippen LogP contribution < -0.4 is 15.5 Å². The van der Waals surface area contributed by atoms with Gasteiger partial charge in [-0.15, -0.1) is 0 Å². The summed E-state index contributed by atoms with van der Waals surface area (Å²) >= 11 is 0. The number of aromatic nitrogens is 1. The molecule has 0 atom stereocenters. The fourth-order valence-corrected chi connectivity index (χ4v) is 3.50. The van der Waals surface area contributed by atoms with Crippen molar-refractivity contribution in [3.8, 4) is 0 Å². The molecule has 1 aromatic rings. The molecule has 128 valence electrons. The molecule has 1 aromatic heterocycles. The van der Waals surface area contributed by atoms with E-state index < -0.39 is 5.41 Å². The molecule has 0 aromatic carbocycles. The number of hydrogen-bond donors (Lipinski definition) is 2. The minimum Gasteiger partial charge on any atom is -0.370 e. The van der Waals surface area contributed by atoms with Gasteiger partial charge < -0.3 is 15.5 Å². The summed E-state index contributed by atoms with van der Waals surface area (Å²) < 4.78 is 0. The first kappa shape index (κ1) is 15.4. The molecule has 6 heteroatoms. The highest BCUT2D eigenvalue weighted by atomic mass is 16.2. The second-order valence-corrected chi connectivity index (χ2v) is 7.23. The molecule has 1 saturated heterocycles.